The third-order valence-corrected chi connectivity index (χ3v) is 3.86. The van der Waals surface area contributed by atoms with Crippen LogP contribution in [-0.4, -0.2) is 26.2 Å². The lowest BCUT2D eigenvalue weighted by molar-refractivity contribution is 0.0535. The van der Waals surface area contributed by atoms with Crippen LogP contribution in [0.15, 0.2) is 42.5 Å². The van der Waals surface area contributed by atoms with E-state index in [4.69, 9.17) is 21.1 Å². The number of halogens is 3. The van der Waals surface area contributed by atoms with Gasteiger partial charge < -0.3 is 9.47 Å². The second kappa shape index (κ2) is 9.60. The van der Waals surface area contributed by atoms with Crippen molar-refractivity contribution in [3.05, 3.63) is 64.2 Å². The Kier molecular flexibility index (Phi) is 7.47. The summed E-state index contributed by atoms with van der Waals surface area (Å²) in [5, 5.41) is 0.766. The van der Waals surface area contributed by atoms with Crippen molar-refractivity contribution in [1.82, 2.24) is 0 Å². The summed E-state index contributed by atoms with van der Waals surface area (Å²) < 4.78 is 34.5. The molecule has 24 heavy (non-hydrogen) atoms. The molecular weight excluding hydrogens is 334 g/mol. The van der Waals surface area contributed by atoms with Gasteiger partial charge in [0, 0.05) is 11.4 Å². The maximum absolute atomic E-state index is 11.9. The number of alkyl halides is 2. The van der Waals surface area contributed by atoms with Gasteiger partial charge in [-0.2, -0.15) is 0 Å². The van der Waals surface area contributed by atoms with E-state index in [-0.39, 0.29) is 13.0 Å². The number of aryl methyl sites for hydroxylation is 1. The monoisotopic (exact) mass is 354 g/mol. The lowest BCUT2D eigenvalue weighted by Gasteiger charge is -2.09. The second-order valence-electron chi connectivity index (χ2n) is 5.56. The summed E-state index contributed by atoms with van der Waals surface area (Å²) in [4.78, 5) is 0. The molecule has 2 nitrogen and oxygen atoms in total. The molecule has 0 aliphatic carbocycles. The predicted molar refractivity (Wildman–Crippen MR) is 92.4 cm³/mol. The Balaban J connectivity index is 1.77. The molecule has 0 bridgehead atoms. The van der Waals surface area contributed by atoms with Crippen LogP contribution in [0.5, 0.6) is 5.75 Å². The molecule has 0 amide bonds. The van der Waals surface area contributed by atoms with Crippen molar-refractivity contribution in [2.24, 2.45) is 0 Å². The summed E-state index contributed by atoms with van der Waals surface area (Å²) in [5.41, 5.74) is 3.42. The van der Waals surface area contributed by atoms with E-state index in [1.807, 2.05) is 43.3 Å². The molecule has 0 heterocycles. The molecule has 130 valence electrons. The van der Waals surface area contributed by atoms with Gasteiger partial charge in [-0.15, -0.1) is 0 Å². The van der Waals surface area contributed by atoms with Crippen LogP contribution in [0.4, 0.5) is 8.78 Å². The van der Waals surface area contributed by atoms with E-state index in [0.717, 1.165) is 28.3 Å². The lowest BCUT2D eigenvalue weighted by Crippen LogP contribution is -2.09. The molecule has 0 N–H and O–H groups in total. The number of hydrogen-bond acceptors (Lipinski definition) is 2. The standard InChI is InChI=1S/C19H21ClF2O2/c1-14-2-7-18(20)16(12-14)13-15-3-5-17(6-4-15)24-11-10-23-9-8-19(21)22/h2-7,12,19H,8-11,13H2,1H3. The minimum atomic E-state index is -2.32. The smallest absolute Gasteiger partial charge is 0.240 e. The van der Waals surface area contributed by atoms with Gasteiger partial charge in [0.25, 0.3) is 0 Å². The van der Waals surface area contributed by atoms with Crippen LogP contribution in [0.1, 0.15) is 23.1 Å². The summed E-state index contributed by atoms with van der Waals surface area (Å²) in [6, 6.07) is 13.8. The highest BCUT2D eigenvalue weighted by Crippen LogP contribution is 2.22. The van der Waals surface area contributed by atoms with Crippen molar-refractivity contribution >= 4 is 11.6 Å². The zero-order valence-corrected chi connectivity index (χ0v) is 14.4. The molecule has 0 fully saturated rings. The first-order valence-corrected chi connectivity index (χ1v) is 8.25. The van der Waals surface area contributed by atoms with Crippen LogP contribution in [-0.2, 0) is 11.2 Å². The molecule has 5 heteroatoms. The molecule has 0 aliphatic rings. The van der Waals surface area contributed by atoms with Gasteiger partial charge in [0.05, 0.1) is 13.2 Å². The van der Waals surface area contributed by atoms with Gasteiger partial charge in [-0.3, -0.25) is 0 Å². The maximum Gasteiger partial charge on any atom is 0.240 e. The fourth-order valence-electron chi connectivity index (χ4n) is 2.26. The van der Waals surface area contributed by atoms with Crippen LogP contribution in [0, 0.1) is 6.92 Å². The Hall–Kier alpha value is -1.65. The predicted octanol–water partition coefficient (Wildman–Crippen LogP) is 5.29. The lowest BCUT2D eigenvalue weighted by atomic mass is 10.0. The van der Waals surface area contributed by atoms with Crippen LogP contribution in [0.25, 0.3) is 0 Å². The first kappa shape index (κ1) is 18.7. The van der Waals surface area contributed by atoms with Crippen molar-refractivity contribution in [2.75, 3.05) is 19.8 Å². The molecule has 0 radical (unpaired) electrons. The fraction of sp³-hybridized carbons (Fsp3) is 0.368. The highest BCUT2D eigenvalue weighted by atomic mass is 35.5. The highest BCUT2D eigenvalue weighted by molar-refractivity contribution is 6.31. The minimum absolute atomic E-state index is 0.0528. The number of benzene rings is 2. The van der Waals surface area contributed by atoms with Crippen LogP contribution >= 0.6 is 11.6 Å². The van der Waals surface area contributed by atoms with Crippen LogP contribution in [0.3, 0.4) is 0 Å². The molecule has 2 rings (SSSR count). The van der Waals surface area contributed by atoms with Gasteiger partial charge in [-0.05, 0) is 42.7 Å². The summed E-state index contributed by atoms with van der Waals surface area (Å²) in [7, 11) is 0. The molecule has 2 aromatic carbocycles. The van der Waals surface area contributed by atoms with Gasteiger partial charge in [-0.25, -0.2) is 8.78 Å². The van der Waals surface area contributed by atoms with E-state index >= 15 is 0 Å². The Labute approximate surface area is 146 Å². The molecule has 2 aromatic rings. The zero-order chi connectivity index (χ0) is 17.4. The topological polar surface area (TPSA) is 18.5 Å². The quantitative estimate of drug-likeness (QED) is 0.570. The summed E-state index contributed by atoms with van der Waals surface area (Å²) in [6.45, 7) is 2.73. The van der Waals surface area contributed by atoms with E-state index in [1.165, 1.54) is 5.56 Å². The van der Waals surface area contributed by atoms with Gasteiger partial charge in [0.15, 0.2) is 0 Å². The van der Waals surface area contributed by atoms with Crippen molar-refractivity contribution in [2.45, 2.75) is 26.2 Å². The Morgan fingerprint density at radius 2 is 1.75 bits per heavy atom. The molecule has 0 aromatic heterocycles. The Bertz CT molecular complexity index is 630. The van der Waals surface area contributed by atoms with E-state index in [2.05, 4.69) is 6.07 Å². The Morgan fingerprint density at radius 3 is 2.46 bits per heavy atom. The highest BCUT2D eigenvalue weighted by Gasteiger charge is 2.04. The summed E-state index contributed by atoms with van der Waals surface area (Å²) in [5.74, 6) is 0.728. The molecule has 0 aliphatic heterocycles. The molecule has 0 saturated carbocycles. The molecule has 0 unspecified atom stereocenters. The average molecular weight is 355 g/mol. The molecular formula is C19H21ClF2O2. The van der Waals surface area contributed by atoms with Gasteiger partial charge in [-0.1, -0.05) is 41.4 Å². The third-order valence-electron chi connectivity index (χ3n) is 3.50. The molecule has 0 atom stereocenters. The first-order valence-electron chi connectivity index (χ1n) is 7.87. The zero-order valence-electron chi connectivity index (χ0n) is 13.6. The van der Waals surface area contributed by atoms with E-state index < -0.39 is 6.43 Å². The van der Waals surface area contributed by atoms with Gasteiger partial charge in [0.2, 0.25) is 6.43 Å². The SMILES string of the molecule is Cc1ccc(Cl)c(Cc2ccc(OCCOCCC(F)F)cc2)c1. The third kappa shape index (κ3) is 6.46. The minimum Gasteiger partial charge on any atom is -0.491 e. The molecule has 0 saturated heterocycles. The van der Waals surface area contributed by atoms with Crippen molar-refractivity contribution in [3.63, 3.8) is 0 Å². The first-order chi connectivity index (χ1) is 11.5. The number of hydrogen-bond donors (Lipinski definition) is 0. The summed E-state index contributed by atoms with van der Waals surface area (Å²) in [6.07, 6.45) is -1.80. The van der Waals surface area contributed by atoms with Crippen LogP contribution in [0.2, 0.25) is 5.02 Å². The largest absolute Gasteiger partial charge is 0.491 e. The van der Waals surface area contributed by atoms with Crippen LogP contribution < -0.4 is 4.74 Å². The van der Waals surface area contributed by atoms with Crippen molar-refractivity contribution in [3.8, 4) is 5.75 Å². The number of rotatable bonds is 9. The van der Waals surface area contributed by atoms with Gasteiger partial charge in [0.1, 0.15) is 12.4 Å². The maximum atomic E-state index is 11.9. The second-order valence-corrected chi connectivity index (χ2v) is 5.96. The fourth-order valence-corrected chi connectivity index (χ4v) is 2.44. The summed E-state index contributed by atoms with van der Waals surface area (Å²) >= 11 is 6.22. The Morgan fingerprint density at radius 1 is 1.00 bits per heavy atom. The average Bonchev–Trinajstić information content (AvgIpc) is 2.55. The number of ether oxygens (including phenoxy) is 2. The van der Waals surface area contributed by atoms with Gasteiger partial charge >= 0.3 is 0 Å². The van der Waals surface area contributed by atoms with Crippen molar-refractivity contribution in [1.29, 1.82) is 0 Å². The van der Waals surface area contributed by atoms with Crippen molar-refractivity contribution < 1.29 is 18.3 Å². The normalized spacial score (nSPS) is 11.0. The van der Waals surface area contributed by atoms with E-state index in [9.17, 15) is 8.78 Å². The van der Waals surface area contributed by atoms with E-state index in [0.29, 0.717) is 13.2 Å². The van der Waals surface area contributed by atoms with E-state index in [1.54, 1.807) is 0 Å². The molecule has 0 spiro atoms.